The van der Waals surface area contributed by atoms with Crippen LogP contribution in [-0.2, 0) is 16.5 Å². The highest BCUT2D eigenvalue weighted by Crippen LogP contribution is 2.22. The van der Waals surface area contributed by atoms with Crippen LogP contribution >= 0.6 is 0 Å². The third-order valence-electron chi connectivity index (χ3n) is 3.32. The number of fused-ring (bicyclic) bond motifs is 1. The van der Waals surface area contributed by atoms with Crippen molar-refractivity contribution >= 4 is 20.9 Å². The summed E-state index contributed by atoms with van der Waals surface area (Å²) >= 11 is 0. The van der Waals surface area contributed by atoms with E-state index in [9.17, 15) is 8.42 Å². The van der Waals surface area contributed by atoms with E-state index in [-0.39, 0.29) is 0 Å². The fraction of sp³-hybridized carbons (Fsp3) is 0.474. The lowest BCUT2D eigenvalue weighted by molar-refractivity contribution is 0.490. The summed E-state index contributed by atoms with van der Waals surface area (Å²) in [6.45, 7) is 8.80. The molecule has 0 aliphatic rings. The maximum absolute atomic E-state index is 9.19. The summed E-state index contributed by atoms with van der Waals surface area (Å²) in [7, 11) is -3.67. The Morgan fingerprint density at radius 3 is 1.78 bits per heavy atom. The molecule has 2 aromatic carbocycles. The minimum atomic E-state index is -3.67. The van der Waals surface area contributed by atoms with Gasteiger partial charge in [-0.3, -0.25) is 4.55 Å². The first-order valence-corrected chi connectivity index (χ1v) is 9.99. The fourth-order valence-corrected chi connectivity index (χ4v) is 2.17. The standard InChI is InChI=1S/C13H14.C5H12.CH4O3S/c1-3-11-9-8-10(2)12-6-4-5-7-13(11)12;1-3-5-4-2;1-5(2,3)4/h4-9H,3H2,1-2H3;3-5H2,1-2H3;1H3,(H,2,3,4). The van der Waals surface area contributed by atoms with Gasteiger partial charge in [0.25, 0.3) is 10.1 Å². The molecule has 0 aliphatic carbocycles. The zero-order chi connectivity index (χ0) is 17.9. The Kier molecular flexibility index (Phi) is 10.5. The number of hydrogen-bond acceptors (Lipinski definition) is 2. The van der Waals surface area contributed by atoms with Crippen LogP contribution in [0.2, 0.25) is 0 Å². The number of benzene rings is 2. The third-order valence-corrected chi connectivity index (χ3v) is 3.32. The van der Waals surface area contributed by atoms with Crippen LogP contribution in [0.3, 0.4) is 0 Å². The lowest BCUT2D eigenvalue weighted by atomic mass is 9.99. The summed E-state index contributed by atoms with van der Waals surface area (Å²) < 4.78 is 25.9. The van der Waals surface area contributed by atoms with Crippen molar-refractivity contribution in [2.24, 2.45) is 0 Å². The highest BCUT2D eigenvalue weighted by Gasteiger charge is 1.99. The van der Waals surface area contributed by atoms with Crippen LogP contribution in [0.25, 0.3) is 10.8 Å². The van der Waals surface area contributed by atoms with E-state index in [1.165, 1.54) is 41.2 Å². The summed E-state index contributed by atoms with van der Waals surface area (Å²) in [6, 6.07) is 13.1. The molecule has 0 radical (unpaired) electrons. The monoisotopic (exact) mass is 338 g/mol. The van der Waals surface area contributed by atoms with Crippen LogP contribution in [0.4, 0.5) is 0 Å². The molecule has 0 heterocycles. The predicted octanol–water partition coefficient (Wildman–Crippen LogP) is 5.41. The Morgan fingerprint density at radius 1 is 0.913 bits per heavy atom. The van der Waals surface area contributed by atoms with E-state index in [0.717, 1.165) is 6.42 Å². The van der Waals surface area contributed by atoms with Crippen molar-refractivity contribution in [3.63, 3.8) is 0 Å². The minimum absolute atomic E-state index is 0.715. The van der Waals surface area contributed by atoms with Crippen molar-refractivity contribution in [2.45, 2.75) is 53.4 Å². The molecule has 2 aromatic rings. The molecule has 0 aromatic heterocycles. The highest BCUT2D eigenvalue weighted by molar-refractivity contribution is 7.85. The second-order valence-corrected chi connectivity index (χ2v) is 6.99. The lowest BCUT2D eigenvalue weighted by Crippen LogP contribution is -1.88. The van der Waals surface area contributed by atoms with Gasteiger partial charge in [0.15, 0.2) is 0 Å². The number of rotatable bonds is 3. The summed E-state index contributed by atoms with van der Waals surface area (Å²) in [6.07, 6.45) is 5.90. The summed E-state index contributed by atoms with van der Waals surface area (Å²) in [4.78, 5) is 0. The van der Waals surface area contributed by atoms with Crippen LogP contribution in [0.1, 0.15) is 51.2 Å². The highest BCUT2D eigenvalue weighted by atomic mass is 32.2. The van der Waals surface area contributed by atoms with Crippen LogP contribution in [0.5, 0.6) is 0 Å². The van der Waals surface area contributed by atoms with Gasteiger partial charge in [-0.05, 0) is 35.2 Å². The molecule has 4 heteroatoms. The second-order valence-electron chi connectivity index (χ2n) is 5.53. The van der Waals surface area contributed by atoms with Crippen molar-refractivity contribution in [2.75, 3.05) is 6.26 Å². The zero-order valence-corrected chi connectivity index (χ0v) is 15.8. The van der Waals surface area contributed by atoms with E-state index < -0.39 is 10.1 Å². The van der Waals surface area contributed by atoms with E-state index in [1.54, 1.807) is 0 Å². The molecule has 0 saturated carbocycles. The van der Waals surface area contributed by atoms with Crippen molar-refractivity contribution < 1.29 is 13.0 Å². The molecule has 0 saturated heterocycles. The first kappa shape index (κ1) is 21.6. The van der Waals surface area contributed by atoms with Crippen molar-refractivity contribution in [1.82, 2.24) is 0 Å². The molecule has 0 bridgehead atoms. The molecule has 2 rings (SSSR count). The van der Waals surface area contributed by atoms with Gasteiger partial charge in [0.2, 0.25) is 0 Å². The first-order chi connectivity index (χ1) is 10.7. The van der Waals surface area contributed by atoms with Gasteiger partial charge in [0.05, 0.1) is 6.26 Å². The molecule has 0 atom stereocenters. The Hall–Kier alpha value is -1.39. The maximum atomic E-state index is 9.19. The Balaban J connectivity index is 0.000000406. The topological polar surface area (TPSA) is 54.4 Å². The summed E-state index contributed by atoms with van der Waals surface area (Å²) in [5, 5.41) is 2.80. The fourth-order valence-electron chi connectivity index (χ4n) is 2.17. The second kappa shape index (κ2) is 11.2. The van der Waals surface area contributed by atoms with Crippen molar-refractivity contribution in [3.8, 4) is 0 Å². The lowest BCUT2D eigenvalue weighted by Gasteiger charge is -2.06. The van der Waals surface area contributed by atoms with E-state index in [4.69, 9.17) is 4.55 Å². The van der Waals surface area contributed by atoms with Gasteiger partial charge in [-0.1, -0.05) is 76.4 Å². The van der Waals surface area contributed by atoms with Gasteiger partial charge in [0.1, 0.15) is 0 Å². The smallest absolute Gasteiger partial charge is 0.261 e. The largest absolute Gasteiger partial charge is 0.286 e. The average Bonchev–Trinajstić information content (AvgIpc) is 2.48. The molecule has 3 nitrogen and oxygen atoms in total. The van der Waals surface area contributed by atoms with Crippen LogP contribution in [0.15, 0.2) is 36.4 Å². The van der Waals surface area contributed by atoms with E-state index in [0.29, 0.717) is 6.26 Å². The van der Waals surface area contributed by atoms with Crippen LogP contribution in [-0.4, -0.2) is 19.2 Å². The van der Waals surface area contributed by atoms with E-state index in [1.807, 2.05) is 0 Å². The minimum Gasteiger partial charge on any atom is -0.286 e. The molecule has 0 fully saturated rings. The number of unbranched alkanes of at least 4 members (excludes halogenated alkanes) is 2. The molecule has 0 aliphatic heterocycles. The number of hydrogen-bond donors (Lipinski definition) is 1. The molecule has 1 N–H and O–H groups in total. The third kappa shape index (κ3) is 10.1. The Labute approximate surface area is 141 Å². The Morgan fingerprint density at radius 2 is 1.39 bits per heavy atom. The van der Waals surface area contributed by atoms with Crippen LogP contribution < -0.4 is 0 Å². The molecule has 0 unspecified atom stereocenters. The average molecular weight is 339 g/mol. The quantitative estimate of drug-likeness (QED) is 0.761. The van der Waals surface area contributed by atoms with Gasteiger partial charge >= 0.3 is 0 Å². The van der Waals surface area contributed by atoms with Crippen molar-refractivity contribution in [3.05, 3.63) is 47.5 Å². The maximum Gasteiger partial charge on any atom is 0.261 e. The summed E-state index contributed by atoms with van der Waals surface area (Å²) in [5.41, 5.74) is 2.81. The van der Waals surface area contributed by atoms with Gasteiger partial charge in [-0.2, -0.15) is 8.42 Å². The molecule has 0 amide bonds. The predicted molar refractivity (Wildman–Crippen MR) is 101 cm³/mol. The number of aryl methyl sites for hydroxylation is 2. The van der Waals surface area contributed by atoms with Crippen molar-refractivity contribution in [1.29, 1.82) is 0 Å². The van der Waals surface area contributed by atoms with Gasteiger partial charge in [-0.25, -0.2) is 0 Å². The zero-order valence-electron chi connectivity index (χ0n) is 15.0. The molecule has 23 heavy (non-hydrogen) atoms. The van der Waals surface area contributed by atoms with E-state index >= 15 is 0 Å². The van der Waals surface area contributed by atoms with Gasteiger partial charge in [0, 0.05) is 0 Å². The Bertz CT molecular complexity index is 666. The molecular weight excluding hydrogens is 308 g/mol. The SMILES string of the molecule is CCCCC.CCc1ccc(C)c2ccccc12.CS(=O)(=O)O. The summed E-state index contributed by atoms with van der Waals surface area (Å²) in [5.74, 6) is 0. The molecule has 0 spiro atoms. The normalized spacial score (nSPS) is 10.3. The first-order valence-electron chi connectivity index (χ1n) is 8.14. The van der Waals surface area contributed by atoms with E-state index in [2.05, 4.69) is 64.1 Å². The van der Waals surface area contributed by atoms with Gasteiger partial charge in [-0.15, -0.1) is 0 Å². The molecule has 130 valence electrons. The molecular formula is C19H30O3S. The van der Waals surface area contributed by atoms with Gasteiger partial charge < -0.3 is 0 Å². The van der Waals surface area contributed by atoms with Crippen LogP contribution in [0, 0.1) is 6.92 Å².